The Kier molecular flexibility index (Phi) is 3.11. The van der Waals surface area contributed by atoms with Crippen molar-refractivity contribution in [3.63, 3.8) is 0 Å². The van der Waals surface area contributed by atoms with Gasteiger partial charge in [0.2, 0.25) is 0 Å². The van der Waals surface area contributed by atoms with E-state index in [0.717, 1.165) is 0 Å². The van der Waals surface area contributed by atoms with E-state index >= 15 is 0 Å². The Labute approximate surface area is 92.7 Å². The summed E-state index contributed by atoms with van der Waals surface area (Å²) in [7, 11) is 0. The molecule has 82 valence electrons. The molecule has 0 aromatic heterocycles. The molecule has 15 heavy (non-hydrogen) atoms. The molecule has 0 spiro atoms. The van der Waals surface area contributed by atoms with Gasteiger partial charge in [0.25, 0.3) is 0 Å². The van der Waals surface area contributed by atoms with Crippen molar-refractivity contribution in [1.82, 2.24) is 0 Å². The molecule has 1 aromatic carbocycles. The van der Waals surface area contributed by atoms with Crippen molar-refractivity contribution in [2.24, 2.45) is 11.7 Å². The largest absolute Gasteiger partial charge is 0.324 e. The third kappa shape index (κ3) is 2.40. The SMILES string of the molecule is Cc1cc(C)cc(C(N)C2CCCC2)c1. The Bertz CT molecular complexity index is 317. The van der Waals surface area contributed by atoms with Crippen molar-refractivity contribution >= 4 is 0 Å². The Hall–Kier alpha value is -0.820. The van der Waals surface area contributed by atoms with Gasteiger partial charge in [-0.2, -0.15) is 0 Å². The van der Waals surface area contributed by atoms with E-state index in [-0.39, 0.29) is 6.04 Å². The fraction of sp³-hybridized carbons (Fsp3) is 0.571. The van der Waals surface area contributed by atoms with E-state index in [1.165, 1.54) is 42.4 Å². The fourth-order valence-corrected chi connectivity index (χ4v) is 2.79. The highest BCUT2D eigenvalue weighted by molar-refractivity contribution is 5.30. The highest BCUT2D eigenvalue weighted by Crippen LogP contribution is 2.34. The van der Waals surface area contributed by atoms with Gasteiger partial charge >= 0.3 is 0 Å². The van der Waals surface area contributed by atoms with Gasteiger partial charge in [0, 0.05) is 6.04 Å². The molecule has 1 aliphatic carbocycles. The van der Waals surface area contributed by atoms with Crippen LogP contribution in [0, 0.1) is 19.8 Å². The van der Waals surface area contributed by atoms with E-state index in [4.69, 9.17) is 5.73 Å². The molecule has 1 nitrogen and oxygen atoms in total. The monoisotopic (exact) mass is 203 g/mol. The van der Waals surface area contributed by atoms with Crippen LogP contribution in [-0.2, 0) is 0 Å². The van der Waals surface area contributed by atoms with Crippen LogP contribution in [0.1, 0.15) is 48.4 Å². The molecule has 1 saturated carbocycles. The van der Waals surface area contributed by atoms with Gasteiger partial charge in [-0.15, -0.1) is 0 Å². The standard InChI is InChI=1S/C14H21N/c1-10-7-11(2)9-13(8-10)14(15)12-5-3-4-6-12/h7-9,12,14H,3-6,15H2,1-2H3. The number of hydrogen-bond donors (Lipinski definition) is 1. The van der Waals surface area contributed by atoms with E-state index in [9.17, 15) is 0 Å². The maximum Gasteiger partial charge on any atom is 0.0323 e. The van der Waals surface area contributed by atoms with Gasteiger partial charge in [-0.3, -0.25) is 0 Å². The Morgan fingerprint density at radius 1 is 1.07 bits per heavy atom. The summed E-state index contributed by atoms with van der Waals surface area (Å²) in [4.78, 5) is 0. The lowest BCUT2D eigenvalue weighted by molar-refractivity contribution is 0.444. The predicted octanol–water partition coefficient (Wildman–Crippen LogP) is 3.49. The second-order valence-electron chi connectivity index (χ2n) is 4.99. The van der Waals surface area contributed by atoms with E-state index < -0.39 is 0 Å². The quantitative estimate of drug-likeness (QED) is 0.782. The summed E-state index contributed by atoms with van der Waals surface area (Å²) in [6.45, 7) is 4.30. The average Bonchev–Trinajstić information content (AvgIpc) is 2.67. The highest BCUT2D eigenvalue weighted by Gasteiger charge is 2.23. The van der Waals surface area contributed by atoms with Gasteiger partial charge < -0.3 is 5.73 Å². The third-order valence-corrected chi connectivity index (χ3v) is 3.54. The highest BCUT2D eigenvalue weighted by atomic mass is 14.7. The molecule has 0 radical (unpaired) electrons. The van der Waals surface area contributed by atoms with E-state index in [0.29, 0.717) is 5.92 Å². The summed E-state index contributed by atoms with van der Waals surface area (Å²) in [6.07, 6.45) is 5.36. The first kappa shape index (κ1) is 10.7. The first-order chi connectivity index (χ1) is 7.16. The molecular weight excluding hydrogens is 182 g/mol. The normalized spacial score (nSPS) is 19.4. The zero-order valence-electron chi connectivity index (χ0n) is 9.79. The molecule has 1 fully saturated rings. The van der Waals surface area contributed by atoms with Gasteiger partial charge in [0.05, 0.1) is 0 Å². The van der Waals surface area contributed by atoms with Gasteiger partial charge in [0.1, 0.15) is 0 Å². The second-order valence-corrected chi connectivity index (χ2v) is 4.99. The van der Waals surface area contributed by atoms with Crippen LogP contribution in [0.3, 0.4) is 0 Å². The van der Waals surface area contributed by atoms with Crippen LogP contribution in [0.2, 0.25) is 0 Å². The molecule has 2 N–H and O–H groups in total. The van der Waals surface area contributed by atoms with Crippen LogP contribution in [0.15, 0.2) is 18.2 Å². The topological polar surface area (TPSA) is 26.0 Å². The van der Waals surface area contributed by atoms with Crippen LogP contribution in [-0.4, -0.2) is 0 Å². The summed E-state index contributed by atoms with van der Waals surface area (Å²) >= 11 is 0. The number of nitrogens with two attached hydrogens (primary N) is 1. The summed E-state index contributed by atoms with van der Waals surface area (Å²) in [6, 6.07) is 6.96. The minimum Gasteiger partial charge on any atom is -0.324 e. The molecule has 1 aliphatic rings. The van der Waals surface area contributed by atoms with Crippen LogP contribution >= 0.6 is 0 Å². The predicted molar refractivity (Wildman–Crippen MR) is 64.8 cm³/mol. The van der Waals surface area contributed by atoms with Gasteiger partial charge in [0.15, 0.2) is 0 Å². The van der Waals surface area contributed by atoms with Crippen molar-refractivity contribution in [3.8, 4) is 0 Å². The van der Waals surface area contributed by atoms with Crippen molar-refractivity contribution in [1.29, 1.82) is 0 Å². The molecule has 0 saturated heterocycles. The summed E-state index contributed by atoms with van der Waals surface area (Å²) in [5, 5.41) is 0. The van der Waals surface area contributed by atoms with E-state index in [2.05, 4.69) is 32.0 Å². The van der Waals surface area contributed by atoms with Gasteiger partial charge in [-0.1, -0.05) is 42.2 Å². The minimum absolute atomic E-state index is 0.256. The van der Waals surface area contributed by atoms with Crippen LogP contribution in [0.25, 0.3) is 0 Å². The van der Waals surface area contributed by atoms with Crippen molar-refractivity contribution in [2.45, 2.75) is 45.6 Å². The molecule has 1 atom stereocenters. The summed E-state index contributed by atoms with van der Waals surface area (Å²) < 4.78 is 0. The zero-order chi connectivity index (χ0) is 10.8. The van der Waals surface area contributed by atoms with Crippen LogP contribution < -0.4 is 5.73 Å². The molecule has 0 aliphatic heterocycles. The van der Waals surface area contributed by atoms with Crippen LogP contribution in [0.5, 0.6) is 0 Å². The second kappa shape index (κ2) is 4.36. The van der Waals surface area contributed by atoms with Crippen molar-refractivity contribution in [3.05, 3.63) is 34.9 Å². The van der Waals surface area contributed by atoms with Crippen molar-refractivity contribution in [2.75, 3.05) is 0 Å². The van der Waals surface area contributed by atoms with Crippen LogP contribution in [0.4, 0.5) is 0 Å². The van der Waals surface area contributed by atoms with E-state index in [1.807, 2.05) is 0 Å². The lowest BCUT2D eigenvalue weighted by Gasteiger charge is -2.20. The lowest BCUT2D eigenvalue weighted by Crippen LogP contribution is -2.19. The van der Waals surface area contributed by atoms with Gasteiger partial charge in [-0.05, 0) is 38.2 Å². The maximum absolute atomic E-state index is 6.34. The fourth-order valence-electron chi connectivity index (χ4n) is 2.79. The average molecular weight is 203 g/mol. The first-order valence-corrected chi connectivity index (χ1v) is 6.00. The molecule has 0 amide bonds. The molecular formula is C14H21N. The molecule has 1 heteroatoms. The number of benzene rings is 1. The smallest absolute Gasteiger partial charge is 0.0323 e. The number of aryl methyl sites for hydroxylation is 2. The lowest BCUT2D eigenvalue weighted by atomic mass is 9.91. The molecule has 0 bridgehead atoms. The first-order valence-electron chi connectivity index (χ1n) is 6.00. The van der Waals surface area contributed by atoms with E-state index in [1.54, 1.807) is 0 Å². The molecule has 1 unspecified atom stereocenters. The Balaban J connectivity index is 2.20. The molecule has 2 rings (SSSR count). The van der Waals surface area contributed by atoms with Crippen molar-refractivity contribution < 1.29 is 0 Å². The van der Waals surface area contributed by atoms with Gasteiger partial charge in [-0.25, -0.2) is 0 Å². The minimum atomic E-state index is 0.256. The number of rotatable bonds is 2. The summed E-state index contributed by atoms with van der Waals surface area (Å²) in [5.74, 6) is 0.714. The zero-order valence-corrected chi connectivity index (χ0v) is 9.79. The Morgan fingerprint density at radius 3 is 2.13 bits per heavy atom. The maximum atomic E-state index is 6.34. The molecule has 1 aromatic rings. The number of hydrogen-bond acceptors (Lipinski definition) is 1. The Morgan fingerprint density at radius 2 is 1.60 bits per heavy atom. The molecule has 0 heterocycles. The summed E-state index contributed by atoms with van der Waals surface area (Å²) in [5.41, 5.74) is 10.3. The third-order valence-electron chi connectivity index (χ3n) is 3.54.